The fourth-order valence-electron chi connectivity index (χ4n) is 1.82. The Morgan fingerprint density at radius 2 is 2.06 bits per heavy atom. The smallest absolute Gasteiger partial charge is 0.255 e. The van der Waals surface area contributed by atoms with Crippen molar-refractivity contribution in [1.82, 2.24) is 4.90 Å². The van der Waals surface area contributed by atoms with Crippen LogP contribution in [-0.2, 0) is 0 Å². The van der Waals surface area contributed by atoms with E-state index in [4.69, 9.17) is 0 Å². The van der Waals surface area contributed by atoms with Crippen molar-refractivity contribution < 1.29 is 4.79 Å². The molecule has 0 atom stereocenters. The predicted octanol–water partition coefficient (Wildman–Crippen LogP) is 3.55. The maximum atomic E-state index is 12.4. The fourth-order valence-corrected chi connectivity index (χ4v) is 3.84. The van der Waals surface area contributed by atoms with Crippen molar-refractivity contribution >= 4 is 56.2 Å². The molecule has 0 aliphatic carbocycles. The lowest BCUT2D eigenvalue weighted by Crippen LogP contribution is -2.38. The van der Waals surface area contributed by atoms with Gasteiger partial charge in [0, 0.05) is 32.6 Å². The lowest BCUT2D eigenvalue weighted by atomic mass is 10.1. The van der Waals surface area contributed by atoms with Crippen LogP contribution in [0.3, 0.4) is 0 Å². The average molecular weight is 426 g/mol. The molecule has 2 nitrogen and oxygen atoms in total. The van der Waals surface area contributed by atoms with E-state index in [1.165, 1.54) is 0 Å². The number of hydrogen-bond donors (Lipinski definition) is 0. The van der Waals surface area contributed by atoms with E-state index in [1.54, 1.807) is 0 Å². The molecular formula is C12H13BrINOS. The number of nitrogens with zero attached hydrogens (tertiary/aromatic N) is 1. The number of aryl methyl sites for hydroxylation is 1. The highest BCUT2D eigenvalue weighted by molar-refractivity contribution is 14.1. The van der Waals surface area contributed by atoms with Crippen LogP contribution < -0.4 is 0 Å². The van der Waals surface area contributed by atoms with Crippen LogP contribution in [0, 0.1) is 10.5 Å². The lowest BCUT2D eigenvalue weighted by Gasteiger charge is -2.27. The van der Waals surface area contributed by atoms with Gasteiger partial charge < -0.3 is 4.90 Å². The first-order valence-electron chi connectivity index (χ1n) is 5.42. The summed E-state index contributed by atoms with van der Waals surface area (Å²) in [5.41, 5.74) is 1.94. The third-order valence-corrected chi connectivity index (χ3v) is 6.17. The zero-order chi connectivity index (χ0) is 12.4. The Kier molecular flexibility index (Phi) is 4.77. The first-order valence-corrected chi connectivity index (χ1v) is 8.45. The third kappa shape index (κ3) is 3.17. The summed E-state index contributed by atoms with van der Waals surface area (Å²) in [7, 11) is 0. The van der Waals surface area contributed by atoms with Crippen LogP contribution in [0.2, 0.25) is 0 Å². The van der Waals surface area contributed by atoms with Gasteiger partial charge in [-0.2, -0.15) is 11.8 Å². The Balaban J connectivity index is 2.29. The van der Waals surface area contributed by atoms with Gasteiger partial charge in [0.05, 0.1) is 5.56 Å². The topological polar surface area (TPSA) is 20.3 Å². The van der Waals surface area contributed by atoms with Gasteiger partial charge >= 0.3 is 0 Å². The molecule has 1 aromatic carbocycles. The molecule has 0 aromatic heterocycles. The highest BCUT2D eigenvalue weighted by Crippen LogP contribution is 2.26. The molecule has 0 bridgehead atoms. The summed E-state index contributed by atoms with van der Waals surface area (Å²) < 4.78 is 2.02. The van der Waals surface area contributed by atoms with Crippen molar-refractivity contribution in [1.29, 1.82) is 0 Å². The number of benzene rings is 1. The Morgan fingerprint density at radius 3 is 2.71 bits per heavy atom. The minimum atomic E-state index is 0.166. The summed E-state index contributed by atoms with van der Waals surface area (Å²) in [6.07, 6.45) is 0. The molecule has 0 spiro atoms. The molecule has 0 N–H and O–H groups in total. The standard InChI is InChI=1S/C12H13BrINOS/c1-8-6-9(11(14)10(13)7-8)12(16)15-2-4-17-5-3-15/h6-7H,2-5H2,1H3. The van der Waals surface area contributed by atoms with Crippen LogP contribution in [-0.4, -0.2) is 35.4 Å². The predicted molar refractivity (Wildman–Crippen MR) is 84.8 cm³/mol. The summed E-state index contributed by atoms with van der Waals surface area (Å²) in [6.45, 7) is 3.75. The second kappa shape index (κ2) is 5.93. The van der Waals surface area contributed by atoms with Crippen molar-refractivity contribution in [3.8, 4) is 0 Å². The molecule has 1 saturated heterocycles. The van der Waals surface area contributed by atoms with Crippen LogP contribution in [0.25, 0.3) is 0 Å². The minimum Gasteiger partial charge on any atom is -0.337 e. The van der Waals surface area contributed by atoms with Crippen molar-refractivity contribution in [2.24, 2.45) is 0 Å². The number of halogens is 2. The molecule has 5 heteroatoms. The quantitative estimate of drug-likeness (QED) is 0.641. The van der Waals surface area contributed by atoms with Gasteiger partial charge in [-0.3, -0.25) is 4.79 Å². The van der Waals surface area contributed by atoms with E-state index in [2.05, 4.69) is 38.5 Å². The highest BCUT2D eigenvalue weighted by atomic mass is 127. The third-order valence-electron chi connectivity index (χ3n) is 2.70. The monoisotopic (exact) mass is 425 g/mol. The number of thioether (sulfide) groups is 1. The van der Waals surface area contributed by atoms with E-state index in [0.29, 0.717) is 0 Å². The number of rotatable bonds is 1. The van der Waals surface area contributed by atoms with Crippen LogP contribution in [0.1, 0.15) is 15.9 Å². The average Bonchev–Trinajstić information content (AvgIpc) is 2.34. The molecule has 2 rings (SSSR count). The minimum absolute atomic E-state index is 0.166. The van der Waals surface area contributed by atoms with E-state index in [1.807, 2.05) is 35.7 Å². The van der Waals surface area contributed by atoms with Crippen molar-refractivity contribution in [3.05, 3.63) is 31.3 Å². The SMILES string of the molecule is Cc1cc(Br)c(I)c(C(=O)N2CCSCC2)c1. The Labute approximate surface area is 128 Å². The maximum Gasteiger partial charge on any atom is 0.255 e. The summed E-state index contributed by atoms with van der Waals surface area (Å²) in [6, 6.07) is 4.03. The molecule has 1 aliphatic rings. The van der Waals surface area contributed by atoms with E-state index in [-0.39, 0.29) is 5.91 Å². The van der Waals surface area contributed by atoms with Gasteiger partial charge in [-0.05, 0) is 63.1 Å². The molecule has 1 aromatic rings. The van der Waals surface area contributed by atoms with E-state index in [9.17, 15) is 4.79 Å². The molecule has 17 heavy (non-hydrogen) atoms. The number of carbonyl (C=O) groups is 1. The molecule has 0 saturated carbocycles. The molecule has 1 heterocycles. The van der Waals surface area contributed by atoms with Gasteiger partial charge in [0.25, 0.3) is 5.91 Å². The number of hydrogen-bond acceptors (Lipinski definition) is 2. The van der Waals surface area contributed by atoms with Gasteiger partial charge in [-0.25, -0.2) is 0 Å². The fraction of sp³-hybridized carbons (Fsp3) is 0.417. The summed E-state index contributed by atoms with van der Waals surface area (Å²) in [5.74, 6) is 2.27. The normalized spacial score (nSPS) is 16.1. The maximum absolute atomic E-state index is 12.4. The van der Waals surface area contributed by atoms with Gasteiger partial charge in [-0.1, -0.05) is 0 Å². The Bertz CT molecular complexity index is 446. The molecule has 0 unspecified atom stereocenters. The van der Waals surface area contributed by atoms with Crippen molar-refractivity contribution in [3.63, 3.8) is 0 Å². The Hall–Kier alpha value is 0.250. The van der Waals surface area contributed by atoms with Crippen LogP contribution in [0.4, 0.5) is 0 Å². The van der Waals surface area contributed by atoms with Crippen LogP contribution in [0.15, 0.2) is 16.6 Å². The summed E-state index contributed by atoms with van der Waals surface area (Å²) in [4.78, 5) is 14.4. The first kappa shape index (κ1) is 13.7. The first-order chi connectivity index (χ1) is 8.09. The molecule has 92 valence electrons. The second-order valence-electron chi connectivity index (χ2n) is 4.01. The Morgan fingerprint density at radius 1 is 1.41 bits per heavy atom. The van der Waals surface area contributed by atoms with E-state index < -0.39 is 0 Å². The van der Waals surface area contributed by atoms with Crippen molar-refractivity contribution in [2.45, 2.75) is 6.92 Å². The largest absolute Gasteiger partial charge is 0.337 e. The van der Waals surface area contributed by atoms with Crippen LogP contribution >= 0.6 is 50.3 Å². The lowest BCUT2D eigenvalue weighted by molar-refractivity contribution is 0.0771. The highest BCUT2D eigenvalue weighted by Gasteiger charge is 2.21. The van der Waals surface area contributed by atoms with Gasteiger partial charge in [0.1, 0.15) is 0 Å². The number of carbonyl (C=O) groups excluding carboxylic acids is 1. The second-order valence-corrected chi connectivity index (χ2v) is 7.17. The van der Waals surface area contributed by atoms with Gasteiger partial charge in [0.15, 0.2) is 0 Å². The summed E-state index contributed by atoms with van der Waals surface area (Å²) in [5, 5.41) is 0. The molecular weight excluding hydrogens is 413 g/mol. The molecule has 1 fully saturated rings. The van der Waals surface area contributed by atoms with E-state index >= 15 is 0 Å². The summed E-state index contributed by atoms with van der Waals surface area (Å²) >= 11 is 7.66. The molecule has 0 radical (unpaired) electrons. The molecule has 1 aliphatic heterocycles. The number of amides is 1. The van der Waals surface area contributed by atoms with Crippen molar-refractivity contribution in [2.75, 3.05) is 24.6 Å². The van der Waals surface area contributed by atoms with Gasteiger partial charge in [0.2, 0.25) is 0 Å². The van der Waals surface area contributed by atoms with Crippen LogP contribution in [0.5, 0.6) is 0 Å². The van der Waals surface area contributed by atoms with E-state index in [0.717, 1.165) is 43.8 Å². The van der Waals surface area contributed by atoms with Gasteiger partial charge in [-0.15, -0.1) is 0 Å². The zero-order valence-electron chi connectivity index (χ0n) is 9.50. The molecule has 1 amide bonds. The zero-order valence-corrected chi connectivity index (χ0v) is 14.1.